The number of nitrogens with one attached hydrogen (secondary N) is 1. The molecule has 1 aromatic rings. The summed E-state index contributed by atoms with van der Waals surface area (Å²) in [6.07, 6.45) is 0.905. The summed E-state index contributed by atoms with van der Waals surface area (Å²) in [4.78, 5) is 19.1. The number of hydrogen-bond donors (Lipinski definition) is 1. The van der Waals surface area contributed by atoms with Gasteiger partial charge in [-0.05, 0) is 0 Å². The van der Waals surface area contributed by atoms with Crippen molar-refractivity contribution in [1.29, 1.82) is 0 Å². The minimum Gasteiger partial charge on any atom is -0.355 e. The lowest BCUT2D eigenvalue weighted by molar-refractivity contribution is 0.0152. The van der Waals surface area contributed by atoms with Gasteiger partial charge < -0.3 is 15.1 Å². The third-order valence-corrected chi connectivity index (χ3v) is 6.54. The van der Waals surface area contributed by atoms with Gasteiger partial charge in [0.25, 0.3) is 0 Å². The van der Waals surface area contributed by atoms with E-state index in [0.29, 0.717) is 6.04 Å². The highest BCUT2D eigenvalue weighted by Gasteiger charge is 2.32. The molecule has 4 aliphatic rings. The normalized spacial score (nSPS) is 28.2. The molecule has 1 unspecified atom stereocenters. The molecule has 4 saturated heterocycles. The van der Waals surface area contributed by atoms with Crippen LogP contribution in [0, 0.1) is 0 Å². The van der Waals surface area contributed by atoms with Gasteiger partial charge in [0.15, 0.2) is 5.96 Å². The Bertz CT molecular complexity index is 622. The SMILES string of the molecule is CCc1nsc(N2CCN(C(=NC)NCC3CN4CCN3CC4)CC2)n1.I. The summed E-state index contributed by atoms with van der Waals surface area (Å²) in [5.41, 5.74) is 0. The number of anilines is 1. The smallest absolute Gasteiger partial charge is 0.205 e. The van der Waals surface area contributed by atoms with Crippen LogP contribution in [0.5, 0.6) is 0 Å². The highest BCUT2D eigenvalue weighted by Crippen LogP contribution is 2.19. The summed E-state index contributed by atoms with van der Waals surface area (Å²) in [5, 5.41) is 4.69. The van der Waals surface area contributed by atoms with E-state index in [1.807, 2.05) is 7.05 Å². The van der Waals surface area contributed by atoms with Gasteiger partial charge in [-0.1, -0.05) is 6.92 Å². The number of aromatic nitrogens is 2. The molecule has 5 rings (SSSR count). The molecule has 8 nitrogen and oxygen atoms in total. The van der Waals surface area contributed by atoms with Crippen molar-refractivity contribution in [2.24, 2.45) is 4.99 Å². The molecule has 0 aliphatic carbocycles. The Morgan fingerprint density at radius 2 is 1.89 bits per heavy atom. The molecule has 27 heavy (non-hydrogen) atoms. The monoisotopic (exact) mass is 506 g/mol. The Kier molecular flexibility index (Phi) is 7.51. The first kappa shape index (κ1) is 21.0. The molecule has 0 amide bonds. The van der Waals surface area contributed by atoms with Gasteiger partial charge in [-0.15, -0.1) is 24.0 Å². The number of piperazine rings is 4. The zero-order chi connectivity index (χ0) is 17.9. The molecule has 4 aliphatic heterocycles. The Morgan fingerprint density at radius 3 is 2.44 bits per heavy atom. The second-order valence-corrected chi connectivity index (χ2v) is 7.97. The lowest BCUT2D eigenvalue weighted by Crippen LogP contribution is -2.64. The molecule has 4 fully saturated rings. The highest BCUT2D eigenvalue weighted by molar-refractivity contribution is 14.0. The maximum Gasteiger partial charge on any atom is 0.205 e. The standard InChI is InChI=1S/C17H30N8S.HI/c1-3-15-20-17(26-21-15)25-10-8-24(9-11-25)16(18-2)19-12-14-13-22-4-6-23(14)7-5-22;/h14H,3-13H2,1-2H3,(H,18,19);1H. The molecule has 0 aromatic carbocycles. The molecule has 152 valence electrons. The lowest BCUT2D eigenvalue weighted by Gasteiger charge is -2.47. The average molecular weight is 506 g/mol. The van der Waals surface area contributed by atoms with E-state index in [9.17, 15) is 0 Å². The molecule has 5 heterocycles. The zero-order valence-corrected chi connectivity index (χ0v) is 19.4. The molecular weight excluding hydrogens is 475 g/mol. The Hall–Kier alpha value is -0.720. The molecule has 1 atom stereocenters. The maximum absolute atomic E-state index is 4.62. The Morgan fingerprint density at radius 1 is 1.15 bits per heavy atom. The zero-order valence-electron chi connectivity index (χ0n) is 16.3. The number of aryl methyl sites for hydroxylation is 1. The van der Waals surface area contributed by atoms with Crippen LogP contribution in [0.2, 0.25) is 0 Å². The third-order valence-electron chi connectivity index (χ3n) is 5.72. The first-order valence-corrected chi connectivity index (χ1v) is 10.5. The predicted molar refractivity (Wildman–Crippen MR) is 122 cm³/mol. The van der Waals surface area contributed by atoms with E-state index in [1.54, 1.807) is 0 Å². The van der Waals surface area contributed by atoms with Crippen LogP contribution in [0.4, 0.5) is 5.13 Å². The summed E-state index contributed by atoms with van der Waals surface area (Å²) in [7, 11) is 1.89. The van der Waals surface area contributed by atoms with E-state index < -0.39 is 0 Å². The molecule has 0 spiro atoms. The van der Waals surface area contributed by atoms with E-state index in [2.05, 4.69) is 46.2 Å². The van der Waals surface area contributed by atoms with E-state index in [4.69, 9.17) is 0 Å². The quantitative estimate of drug-likeness (QED) is 0.361. The number of rotatable bonds is 4. The average Bonchev–Trinajstić information content (AvgIpc) is 3.19. The molecule has 10 heteroatoms. The van der Waals surface area contributed by atoms with Crippen LogP contribution < -0.4 is 10.2 Å². The van der Waals surface area contributed by atoms with Crippen LogP contribution in [0.25, 0.3) is 0 Å². The molecular formula is C17H31IN8S. The van der Waals surface area contributed by atoms with Crippen LogP contribution in [0.3, 0.4) is 0 Å². The largest absolute Gasteiger partial charge is 0.355 e. The minimum absolute atomic E-state index is 0. The van der Waals surface area contributed by atoms with Crippen molar-refractivity contribution in [3.63, 3.8) is 0 Å². The van der Waals surface area contributed by atoms with Crippen molar-refractivity contribution in [1.82, 2.24) is 29.4 Å². The van der Waals surface area contributed by atoms with Gasteiger partial charge in [-0.3, -0.25) is 14.8 Å². The van der Waals surface area contributed by atoms with Gasteiger partial charge >= 0.3 is 0 Å². The lowest BCUT2D eigenvalue weighted by atomic mass is 10.1. The van der Waals surface area contributed by atoms with Crippen LogP contribution >= 0.6 is 35.5 Å². The predicted octanol–water partition coefficient (Wildman–Crippen LogP) is 0.416. The number of aliphatic imine (C=N–C) groups is 1. The van der Waals surface area contributed by atoms with Crippen molar-refractivity contribution in [3.8, 4) is 0 Å². The van der Waals surface area contributed by atoms with Crippen molar-refractivity contribution in [2.75, 3.05) is 77.4 Å². The molecule has 0 saturated carbocycles. The van der Waals surface area contributed by atoms with E-state index in [1.165, 1.54) is 44.3 Å². The van der Waals surface area contributed by atoms with E-state index in [-0.39, 0.29) is 24.0 Å². The summed E-state index contributed by atoms with van der Waals surface area (Å²) in [5.74, 6) is 1.99. The molecule has 1 N–H and O–H groups in total. The summed E-state index contributed by atoms with van der Waals surface area (Å²) >= 11 is 1.52. The summed E-state index contributed by atoms with van der Waals surface area (Å²) < 4.78 is 4.41. The van der Waals surface area contributed by atoms with Crippen molar-refractivity contribution in [2.45, 2.75) is 19.4 Å². The van der Waals surface area contributed by atoms with Crippen molar-refractivity contribution < 1.29 is 0 Å². The number of halogens is 1. The van der Waals surface area contributed by atoms with Gasteiger partial charge in [-0.25, -0.2) is 4.98 Å². The first-order valence-electron chi connectivity index (χ1n) is 9.76. The fourth-order valence-electron chi connectivity index (χ4n) is 4.09. The van der Waals surface area contributed by atoms with Crippen LogP contribution in [-0.4, -0.2) is 109 Å². The topological polar surface area (TPSA) is 63.1 Å². The molecule has 0 radical (unpaired) electrons. The summed E-state index contributed by atoms with van der Waals surface area (Å²) in [6, 6.07) is 0.615. The van der Waals surface area contributed by atoms with Crippen molar-refractivity contribution >= 4 is 46.6 Å². The number of guanidine groups is 1. The van der Waals surface area contributed by atoms with Crippen LogP contribution in [-0.2, 0) is 6.42 Å². The third kappa shape index (κ3) is 4.83. The maximum atomic E-state index is 4.62. The fraction of sp³-hybridized carbons (Fsp3) is 0.824. The number of hydrogen-bond acceptors (Lipinski definition) is 7. The van der Waals surface area contributed by atoms with E-state index in [0.717, 1.165) is 56.1 Å². The van der Waals surface area contributed by atoms with Gasteiger partial charge in [0.05, 0.1) is 0 Å². The Labute approximate surface area is 183 Å². The van der Waals surface area contributed by atoms with Gasteiger partial charge in [0.1, 0.15) is 5.82 Å². The van der Waals surface area contributed by atoms with Gasteiger partial charge in [0.2, 0.25) is 5.13 Å². The van der Waals surface area contributed by atoms with Gasteiger partial charge in [-0.2, -0.15) is 4.37 Å². The number of nitrogens with zero attached hydrogens (tertiary/aromatic N) is 7. The first-order chi connectivity index (χ1) is 12.8. The highest BCUT2D eigenvalue weighted by atomic mass is 127. The van der Waals surface area contributed by atoms with Crippen LogP contribution in [0.15, 0.2) is 4.99 Å². The minimum atomic E-state index is 0. The van der Waals surface area contributed by atoms with Crippen molar-refractivity contribution in [3.05, 3.63) is 5.82 Å². The van der Waals surface area contributed by atoms with E-state index >= 15 is 0 Å². The second kappa shape index (κ2) is 9.66. The molecule has 2 bridgehead atoms. The van der Waals surface area contributed by atoms with Crippen LogP contribution in [0.1, 0.15) is 12.7 Å². The molecule has 1 aromatic heterocycles. The number of fused-ring (bicyclic) bond motifs is 3. The fourth-order valence-corrected chi connectivity index (χ4v) is 4.89. The summed E-state index contributed by atoms with van der Waals surface area (Å²) in [6.45, 7) is 13.1. The Balaban J connectivity index is 0.00000210. The van der Waals surface area contributed by atoms with Gasteiger partial charge in [0, 0.05) is 96.5 Å². The second-order valence-electron chi connectivity index (χ2n) is 7.24.